The Bertz CT molecular complexity index is 321. The van der Waals surface area contributed by atoms with Gasteiger partial charge >= 0.3 is 0 Å². The SMILES string of the molecule is Oc1ccc(CNC2CCC2)c(O)c1. The van der Waals surface area contributed by atoms with Gasteiger partial charge in [-0.1, -0.05) is 12.5 Å². The highest BCUT2D eigenvalue weighted by molar-refractivity contribution is 5.38. The van der Waals surface area contributed by atoms with Crippen LogP contribution in [-0.4, -0.2) is 16.3 Å². The van der Waals surface area contributed by atoms with E-state index in [0.29, 0.717) is 12.6 Å². The Balaban J connectivity index is 1.94. The van der Waals surface area contributed by atoms with Crippen LogP contribution in [0.15, 0.2) is 18.2 Å². The summed E-state index contributed by atoms with van der Waals surface area (Å²) in [5.74, 6) is 0.270. The lowest BCUT2D eigenvalue weighted by molar-refractivity contribution is 0.335. The fourth-order valence-electron chi connectivity index (χ4n) is 1.57. The van der Waals surface area contributed by atoms with Crippen LogP contribution >= 0.6 is 0 Å². The van der Waals surface area contributed by atoms with E-state index in [1.54, 1.807) is 12.1 Å². The van der Waals surface area contributed by atoms with Crippen molar-refractivity contribution in [3.63, 3.8) is 0 Å². The van der Waals surface area contributed by atoms with Crippen molar-refractivity contribution in [2.75, 3.05) is 0 Å². The number of benzene rings is 1. The third-order valence-corrected chi connectivity index (χ3v) is 2.76. The van der Waals surface area contributed by atoms with E-state index in [1.165, 1.54) is 25.3 Å². The third kappa shape index (κ3) is 1.99. The highest BCUT2D eigenvalue weighted by atomic mass is 16.3. The predicted molar refractivity (Wildman–Crippen MR) is 54.3 cm³/mol. The van der Waals surface area contributed by atoms with E-state index in [0.717, 1.165) is 5.56 Å². The molecule has 0 unspecified atom stereocenters. The summed E-state index contributed by atoms with van der Waals surface area (Å²) in [6, 6.07) is 5.33. The van der Waals surface area contributed by atoms with Crippen LogP contribution in [0.25, 0.3) is 0 Å². The van der Waals surface area contributed by atoms with Gasteiger partial charge in [-0.2, -0.15) is 0 Å². The number of aromatic hydroxyl groups is 2. The summed E-state index contributed by atoms with van der Waals surface area (Å²) in [4.78, 5) is 0. The molecule has 1 aromatic carbocycles. The minimum Gasteiger partial charge on any atom is -0.508 e. The molecular formula is C11H15NO2. The van der Waals surface area contributed by atoms with Gasteiger partial charge < -0.3 is 15.5 Å². The first-order valence-electron chi connectivity index (χ1n) is 5.00. The van der Waals surface area contributed by atoms with E-state index >= 15 is 0 Å². The number of rotatable bonds is 3. The van der Waals surface area contributed by atoms with Gasteiger partial charge in [0.25, 0.3) is 0 Å². The minimum absolute atomic E-state index is 0.106. The maximum atomic E-state index is 9.49. The van der Waals surface area contributed by atoms with Crippen molar-refractivity contribution in [3.05, 3.63) is 23.8 Å². The zero-order chi connectivity index (χ0) is 9.97. The van der Waals surface area contributed by atoms with E-state index in [-0.39, 0.29) is 11.5 Å². The topological polar surface area (TPSA) is 52.5 Å². The average molecular weight is 193 g/mol. The molecule has 0 amide bonds. The van der Waals surface area contributed by atoms with Crippen molar-refractivity contribution >= 4 is 0 Å². The molecule has 0 spiro atoms. The van der Waals surface area contributed by atoms with E-state index in [2.05, 4.69) is 5.32 Å². The molecule has 1 aliphatic carbocycles. The van der Waals surface area contributed by atoms with E-state index in [9.17, 15) is 5.11 Å². The monoisotopic (exact) mass is 193 g/mol. The van der Waals surface area contributed by atoms with Crippen LogP contribution in [0.1, 0.15) is 24.8 Å². The number of hydrogen-bond acceptors (Lipinski definition) is 3. The highest BCUT2D eigenvalue weighted by Gasteiger charge is 2.16. The molecule has 14 heavy (non-hydrogen) atoms. The first kappa shape index (κ1) is 9.34. The number of phenols is 2. The Labute approximate surface area is 83.4 Å². The summed E-state index contributed by atoms with van der Waals surface area (Å²) < 4.78 is 0. The van der Waals surface area contributed by atoms with Crippen molar-refractivity contribution in [3.8, 4) is 11.5 Å². The summed E-state index contributed by atoms with van der Waals surface area (Å²) in [6.07, 6.45) is 3.77. The van der Waals surface area contributed by atoms with Crippen LogP contribution in [-0.2, 0) is 6.54 Å². The quantitative estimate of drug-likeness (QED) is 0.685. The summed E-state index contributed by atoms with van der Waals surface area (Å²) in [7, 11) is 0. The van der Waals surface area contributed by atoms with Gasteiger partial charge in [0.2, 0.25) is 0 Å². The minimum atomic E-state index is 0.106. The molecule has 2 rings (SSSR count). The highest BCUT2D eigenvalue weighted by Crippen LogP contribution is 2.24. The zero-order valence-electron chi connectivity index (χ0n) is 8.03. The fraction of sp³-hybridized carbons (Fsp3) is 0.455. The van der Waals surface area contributed by atoms with Crippen LogP contribution in [0.3, 0.4) is 0 Å². The molecular weight excluding hydrogens is 178 g/mol. The molecule has 1 fully saturated rings. The van der Waals surface area contributed by atoms with Crippen molar-refractivity contribution in [1.82, 2.24) is 5.32 Å². The Morgan fingerprint density at radius 3 is 2.64 bits per heavy atom. The molecule has 1 aliphatic rings. The standard InChI is InChI=1S/C11H15NO2/c13-10-5-4-8(11(14)6-10)7-12-9-2-1-3-9/h4-6,9,12-14H,1-3,7H2. The normalized spacial score (nSPS) is 16.6. The van der Waals surface area contributed by atoms with Gasteiger partial charge in [-0.3, -0.25) is 0 Å². The summed E-state index contributed by atoms with van der Waals surface area (Å²) in [5, 5.41) is 21.9. The van der Waals surface area contributed by atoms with Gasteiger partial charge in [0.05, 0.1) is 0 Å². The number of nitrogens with one attached hydrogen (secondary N) is 1. The molecule has 0 radical (unpaired) electrons. The van der Waals surface area contributed by atoms with Crippen molar-refractivity contribution < 1.29 is 10.2 Å². The summed E-state index contributed by atoms with van der Waals surface area (Å²) in [6.45, 7) is 0.677. The molecule has 1 aromatic rings. The van der Waals surface area contributed by atoms with Gasteiger partial charge in [-0.15, -0.1) is 0 Å². The van der Waals surface area contributed by atoms with Gasteiger partial charge in [0, 0.05) is 24.2 Å². The second-order valence-corrected chi connectivity index (χ2v) is 3.82. The van der Waals surface area contributed by atoms with E-state index in [4.69, 9.17) is 5.11 Å². The smallest absolute Gasteiger partial charge is 0.123 e. The van der Waals surface area contributed by atoms with Gasteiger partial charge in [0.15, 0.2) is 0 Å². The Morgan fingerprint density at radius 2 is 2.07 bits per heavy atom. The largest absolute Gasteiger partial charge is 0.508 e. The lowest BCUT2D eigenvalue weighted by atomic mass is 9.93. The lowest BCUT2D eigenvalue weighted by Gasteiger charge is -2.26. The van der Waals surface area contributed by atoms with Crippen LogP contribution in [0.2, 0.25) is 0 Å². The second-order valence-electron chi connectivity index (χ2n) is 3.82. The van der Waals surface area contributed by atoms with E-state index < -0.39 is 0 Å². The van der Waals surface area contributed by atoms with Crippen LogP contribution in [0.4, 0.5) is 0 Å². The van der Waals surface area contributed by atoms with Crippen LogP contribution < -0.4 is 5.32 Å². The van der Waals surface area contributed by atoms with Crippen molar-refractivity contribution in [2.45, 2.75) is 31.8 Å². The molecule has 3 nitrogen and oxygen atoms in total. The molecule has 0 aliphatic heterocycles. The Morgan fingerprint density at radius 1 is 1.29 bits per heavy atom. The fourth-order valence-corrected chi connectivity index (χ4v) is 1.57. The average Bonchev–Trinajstić information content (AvgIpc) is 2.05. The third-order valence-electron chi connectivity index (χ3n) is 2.76. The van der Waals surface area contributed by atoms with Crippen molar-refractivity contribution in [2.24, 2.45) is 0 Å². The molecule has 0 saturated heterocycles. The maximum absolute atomic E-state index is 9.49. The van der Waals surface area contributed by atoms with Crippen LogP contribution in [0.5, 0.6) is 11.5 Å². The lowest BCUT2D eigenvalue weighted by Crippen LogP contribution is -2.34. The number of hydrogen-bond donors (Lipinski definition) is 3. The molecule has 3 N–H and O–H groups in total. The Hall–Kier alpha value is -1.22. The molecule has 0 aromatic heterocycles. The molecule has 0 bridgehead atoms. The molecule has 3 heteroatoms. The molecule has 1 saturated carbocycles. The molecule has 76 valence electrons. The van der Waals surface area contributed by atoms with E-state index in [1.807, 2.05) is 0 Å². The summed E-state index contributed by atoms with van der Waals surface area (Å²) >= 11 is 0. The Kier molecular flexibility index (Phi) is 2.59. The van der Waals surface area contributed by atoms with Gasteiger partial charge in [-0.25, -0.2) is 0 Å². The molecule has 0 atom stereocenters. The first-order valence-corrected chi connectivity index (χ1v) is 5.00. The second kappa shape index (κ2) is 3.88. The number of phenolic OH excluding ortho intramolecular Hbond substituents is 2. The van der Waals surface area contributed by atoms with Crippen molar-refractivity contribution in [1.29, 1.82) is 0 Å². The zero-order valence-corrected chi connectivity index (χ0v) is 8.03. The van der Waals surface area contributed by atoms with Crippen LogP contribution in [0, 0.1) is 0 Å². The first-order chi connectivity index (χ1) is 6.75. The van der Waals surface area contributed by atoms with Gasteiger partial charge in [0.1, 0.15) is 11.5 Å². The predicted octanol–water partition coefficient (Wildman–Crippen LogP) is 1.74. The molecule has 0 heterocycles. The van der Waals surface area contributed by atoms with Gasteiger partial charge in [-0.05, 0) is 18.9 Å². The summed E-state index contributed by atoms with van der Waals surface area (Å²) in [5.41, 5.74) is 0.842. The maximum Gasteiger partial charge on any atom is 0.123 e.